The smallest absolute Gasteiger partial charge is 0.341 e. The molecule has 5 nitrogen and oxygen atoms in total. The minimum atomic E-state index is -0.457. The maximum absolute atomic E-state index is 12.7. The molecule has 0 fully saturated rings. The fraction of sp³-hybridized carbons (Fsp3) is 0.182. The van der Waals surface area contributed by atoms with Crippen molar-refractivity contribution < 1.29 is 19.1 Å². The number of carbonyl (C=O) groups is 2. The number of esters is 1. The van der Waals surface area contributed by atoms with Crippen LogP contribution in [-0.4, -0.2) is 25.1 Å². The summed E-state index contributed by atoms with van der Waals surface area (Å²) in [6.07, 6.45) is 0. The molecule has 1 heterocycles. The fourth-order valence-corrected chi connectivity index (χ4v) is 3.71. The minimum Gasteiger partial charge on any atom is -0.494 e. The van der Waals surface area contributed by atoms with Crippen LogP contribution in [0.25, 0.3) is 11.1 Å². The summed E-state index contributed by atoms with van der Waals surface area (Å²) in [5.41, 5.74) is 2.45. The Morgan fingerprint density at radius 3 is 2.50 bits per heavy atom. The quantitative estimate of drug-likeness (QED) is 0.556. The zero-order chi connectivity index (χ0) is 19.9. The van der Waals surface area contributed by atoms with E-state index in [1.807, 2.05) is 42.6 Å². The van der Waals surface area contributed by atoms with E-state index in [0.29, 0.717) is 28.5 Å². The number of hydrogen-bond donors (Lipinski definition) is 1. The predicted molar refractivity (Wildman–Crippen MR) is 111 cm³/mol. The van der Waals surface area contributed by atoms with E-state index in [4.69, 9.17) is 9.47 Å². The summed E-state index contributed by atoms with van der Waals surface area (Å²) in [6, 6.07) is 16.5. The van der Waals surface area contributed by atoms with Crippen LogP contribution >= 0.6 is 11.3 Å². The van der Waals surface area contributed by atoms with E-state index >= 15 is 0 Å². The van der Waals surface area contributed by atoms with Crippen molar-refractivity contribution in [2.75, 3.05) is 18.5 Å². The largest absolute Gasteiger partial charge is 0.494 e. The Balaban J connectivity index is 1.93. The van der Waals surface area contributed by atoms with Crippen molar-refractivity contribution in [2.24, 2.45) is 0 Å². The highest BCUT2D eigenvalue weighted by Gasteiger charge is 2.23. The van der Waals surface area contributed by atoms with Gasteiger partial charge in [0.05, 0.1) is 13.2 Å². The second-order valence-electron chi connectivity index (χ2n) is 5.85. The van der Waals surface area contributed by atoms with Gasteiger partial charge in [-0.1, -0.05) is 36.4 Å². The van der Waals surface area contributed by atoms with Gasteiger partial charge in [0.25, 0.3) is 5.91 Å². The van der Waals surface area contributed by atoms with Crippen molar-refractivity contribution >= 4 is 28.2 Å². The second-order valence-corrected chi connectivity index (χ2v) is 6.73. The summed E-state index contributed by atoms with van der Waals surface area (Å²) in [5, 5.41) is 5.17. The van der Waals surface area contributed by atoms with Gasteiger partial charge in [0.15, 0.2) is 0 Å². The molecule has 28 heavy (non-hydrogen) atoms. The van der Waals surface area contributed by atoms with E-state index in [9.17, 15) is 9.59 Å². The molecule has 6 heteroatoms. The first-order chi connectivity index (χ1) is 13.6. The molecule has 3 rings (SSSR count). The van der Waals surface area contributed by atoms with Crippen LogP contribution in [0.4, 0.5) is 5.00 Å². The number of hydrogen-bond acceptors (Lipinski definition) is 5. The molecule has 0 spiro atoms. The van der Waals surface area contributed by atoms with Crippen molar-refractivity contribution in [3.05, 3.63) is 71.1 Å². The average molecular weight is 395 g/mol. The maximum atomic E-state index is 12.7. The van der Waals surface area contributed by atoms with Crippen molar-refractivity contribution in [1.29, 1.82) is 0 Å². The molecule has 0 bridgehead atoms. The molecule has 0 saturated carbocycles. The third-order valence-corrected chi connectivity index (χ3v) is 4.89. The number of nitrogens with one attached hydrogen (secondary N) is 1. The molecule has 0 radical (unpaired) electrons. The van der Waals surface area contributed by atoms with Gasteiger partial charge in [-0.15, -0.1) is 11.3 Å². The molecule has 0 aliphatic carbocycles. The van der Waals surface area contributed by atoms with Gasteiger partial charge >= 0.3 is 5.97 Å². The van der Waals surface area contributed by atoms with Crippen LogP contribution < -0.4 is 10.1 Å². The summed E-state index contributed by atoms with van der Waals surface area (Å²) in [4.78, 5) is 25.3. The highest BCUT2D eigenvalue weighted by molar-refractivity contribution is 7.15. The van der Waals surface area contributed by atoms with Gasteiger partial charge in [-0.3, -0.25) is 4.79 Å². The van der Waals surface area contributed by atoms with Gasteiger partial charge in [-0.05, 0) is 37.6 Å². The number of benzene rings is 2. The zero-order valence-corrected chi connectivity index (χ0v) is 16.5. The Morgan fingerprint density at radius 1 is 1.00 bits per heavy atom. The lowest BCUT2D eigenvalue weighted by Gasteiger charge is -2.10. The minimum absolute atomic E-state index is 0.257. The first-order valence-corrected chi connectivity index (χ1v) is 9.90. The number of ether oxygens (including phenoxy) is 2. The van der Waals surface area contributed by atoms with Crippen LogP contribution in [0.3, 0.4) is 0 Å². The Kier molecular flexibility index (Phi) is 6.45. The van der Waals surface area contributed by atoms with Gasteiger partial charge in [-0.25, -0.2) is 4.79 Å². The molecule has 0 atom stereocenters. The van der Waals surface area contributed by atoms with Crippen LogP contribution in [0, 0.1) is 0 Å². The van der Waals surface area contributed by atoms with E-state index in [2.05, 4.69) is 5.32 Å². The molecule has 0 saturated heterocycles. The molecular formula is C22H21NO4S. The predicted octanol–water partition coefficient (Wildman–Crippen LogP) is 5.24. The van der Waals surface area contributed by atoms with E-state index in [-0.39, 0.29) is 12.5 Å². The van der Waals surface area contributed by atoms with Gasteiger partial charge < -0.3 is 14.8 Å². The first-order valence-electron chi connectivity index (χ1n) is 9.02. The summed E-state index contributed by atoms with van der Waals surface area (Å²) < 4.78 is 10.7. The molecule has 0 unspecified atom stereocenters. The first kappa shape index (κ1) is 19.6. The Labute approximate surface area is 167 Å². The second kappa shape index (κ2) is 9.19. The lowest BCUT2D eigenvalue weighted by atomic mass is 10.0. The third-order valence-electron chi connectivity index (χ3n) is 3.99. The Bertz CT molecular complexity index is 966. The lowest BCUT2D eigenvalue weighted by molar-refractivity contribution is 0.0529. The molecule has 0 aliphatic rings. The average Bonchev–Trinajstić information content (AvgIpc) is 3.13. The van der Waals surface area contributed by atoms with Crippen LogP contribution in [0.2, 0.25) is 0 Å². The van der Waals surface area contributed by atoms with Crippen LogP contribution in [0.1, 0.15) is 34.6 Å². The molecule has 1 amide bonds. The molecule has 1 N–H and O–H groups in total. The SMILES string of the molecule is CCOC(=O)c1c(-c2ccccc2)csc1NC(=O)c1cccc(OCC)c1. The van der Waals surface area contributed by atoms with Crippen molar-refractivity contribution in [3.8, 4) is 16.9 Å². The normalized spacial score (nSPS) is 10.4. The van der Waals surface area contributed by atoms with Crippen molar-refractivity contribution in [1.82, 2.24) is 0 Å². The molecule has 0 aliphatic heterocycles. The topological polar surface area (TPSA) is 64.6 Å². The van der Waals surface area contributed by atoms with Gasteiger partial charge in [-0.2, -0.15) is 0 Å². The molecule has 144 valence electrons. The zero-order valence-electron chi connectivity index (χ0n) is 15.7. The number of anilines is 1. The number of carbonyl (C=O) groups excluding carboxylic acids is 2. The number of amides is 1. The van der Waals surface area contributed by atoms with Crippen molar-refractivity contribution in [3.63, 3.8) is 0 Å². The fourth-order valence-electron chi connectivity index (χ4n) is 2.76. The van der Waals surface area contributed by atoms with Crippen molar-refractivity contribution in [2.45, 2.75) is 13.8 Å². The maximum Gasteiger partial charge on any atom is 0.341 e. The Hall–Kier alpha value is -3.12. The summed E-state index contributed by atoms with van der Waals surface area (Å²) in [7, 11) is 0. The van der Waals surface area contributed by atoms with E-state index in [0.717, 1.165) is 11.1 Å². The molecular weight excluding hydrogens is 374 g/mol. The van der Waals surface area contributed by atoms with E-state index in [1.54, 1.807) is 31.2 Å². The standard InChI is InChI=1S/C22H21NO4S/c1-3-26-17-12-8-11-16(13-17)20(24)23-21-19(22(25)27-4-2)18(14-28-21)15-9-6-5-7-10-15/h5-14H,3-4H2,1-2H3,(H,23,24). The van der Waals surface area contributed by atoms with Crippen LogP contribution in [0.5, 0.6) is 5.75 Å². The van der Waals surface area contributed by atoms with E-state index < -0.39 is 5.97 Å². The number of rotatable bonds is 7. The van der Waals surface area contributed by atoms with E-state index in [1.165, 1.54) is 11.3 Å². The summed E-state index contributed by atoms with van der Waals surface area (Å²) in [6.45, 7) is 4.41. The van der Waals surface area contributed by atoms with Crippen LogP contribution in [-0.2, 0) is 4.74 Å². The third kappa shape index (κ3) is 4.40. The monoisotopic (exact) mass is 395 g/mol. The Morgan fingerprint density at radius 2 is 1.79 bits per heavy atom. The molecule has 1 aromatic heterocycles. The highest BCUT2D eigenvalue weighted by atomic mass is 32.1. The highest BCUT2D eigenvalue weighted by Crippen LogP contribution is 2.36. The summed E-state index contributed by atoms with van der Waals surface area (Å²) >= 11 is 1.30. The molecule has 2 aromatic carbocycles. The van der Waals surface area contributed by atoms with Gasteiger partial charge in [0.1, 0.15) is 16.3 Å². The van der Waals surface area contributed by atoms with Gasteiger partial charge in [0, 0.05) is 16.5 Å². The molecule has 3 aromatic rings. The lowest BCUT2D eigenvalue weighted by Crippen LogP contribution is -2.15. The summed E-state index contributed by atoms with van der Waals surface area (Å²) in [5.74, 6) is -0.147. The number of thiophene rings is 1. The van der Waals surface area contributed by atoms with Gasteiger partial charge in [0.2, 0.25) is 0 Å². The van der Waals surface area contributed by atoms with Crippen LogP contribution in [0.15, 0.2) is 60.0 Å².